The van der Waals surface area contributed by atoms with Gasteiger partial charge in [-0.15, -0.1) is 0 Å². The number of halogens is 1. The smallest absolute Gasteiger partial charge is 0.412 e. The zero-order chi connectivity index (χ0) is 20.5. The van der Waals surface area contributed by atoms with Gasteiger partial charge < -0.3 is 19.0 Å². The van der Waals surface area contributed by atoms with Crippen molar-refractivity contribution in [3.05, 3.63) is 59.6 Å². The van der Waals surface area contributed by atoms with E-state index in [4.69, 9.17) is 13.9 Å². The highest BCUT2D eigenvalue weighted by molar-refractivity contribution is 5.86. The van der Waals surface area contributed by atoms with Crippen LogP contribution in [0.5, 0.6) is 5.75 Å². The van der Waals surface area contributed by atoms with Gasteiger partial charge in [-0.1, -0.05) is 18.2 Å². The average molecular weight is 387 g/mol. The minimum absolute atomic E-state index is 0.128. The van der Waals surface area contributed by atoms with Crippen LogP contribution in [0.25, 0.3) is 11.0 Å². The summed E-state index contributed by atoms with van der Waals surface area (Å²) in [5.74, 6) is -0.569. The number of benzene rings is 2. The van der Waals surface area contributed by atoms with Gasteiger partial charge in [0, 0.05) is 22.6 Å². The van der Waals surface area contributed by atoms with Crippen LogP contribution in [0.1, 0.15) is 38.0 Å². The highest BCUT2D eigenvalue weighted by atomic mass is 19.1. The monoisotopic (exact) mass is 387 g/mol. The van der Waals surface area contributed by atoms with E-state index in [1.807, 2.05) is 18.2 Å². The van der Waals surface area contributed by atoms with Gasteiger partial charge in [-0.05, 0) is 32.9 Å². The first-order chi connectivity index (χ1) is 13.2. The maximum absolute atomic E-state index is 14.4. The van der Waals surface area contributed by atoms with E-state index in [1.165, 1.54) is 19.4 Å². The Morgan fingerprint density at radius 1 is 1.21 bits per heavy atom. The predicted octanol–water partition coefficient (Wildman–Crippen LogP) is 5.01. The fraction of sp³-hybridized carbons (Fsp3) is 0.286. The lowest BCUT2D eigenvalue weighted by atomic mass is 9.99. The van der Waals surface area contributed by atoms with Gasteiger partial charge in [-0.2, -0.15) is 0 Å². The molecule has 1 atom stereocenters. The second kappa shape index (κ2) is 7.52. The van der Waals surface area contributed by atoms with Crippen LogP contribution in [-0.4, -0.2) is 23.9 Å². The van der Waals surface area contributed by atoms with Crippen molar-refractivity contribution >= 4 is 22.7 Å². The molecule has 1 aromatic heterocycles. The standard InChI is InChI=1S/C21H22FNO5/c1-21(2,3)28-20(25)23-16-9-13(18(26-4)10-15(16)22)19(24)14-11-27-17-8-6-5-7-12(14)17/h5-11,19,24H,1-4H3,(H,23,25). The number of ether oxygens (including phenoxy) is 2. The molecule has 0 radical (unpaired) electrons. The van der Waals surface area contributed by atoms with Crippen LogP contribution in [0.3, 0.4) is 0 Å². The first-order valence-electron chi connectivity index (χ1n) is 8.71. The van der Waals surface area contributed by atoms with Crippen molar-refractivity contribution in [2.45, 2.75) is 32.5 Å². The number of furan rings is 1. The van der Waals surface area contributed by atoms with Gasteiger partial charge >= 0.3 is 6.09 Å². The van der Waals surface area contributed by atoms with Crippen LogP contribution in [0.15, 0.2) is 47.1 Å². The average Bonchev–Trinajstić information content (AvgIpc) is 3.05. The maximum Gasteiger partial charge on any atom is 0.412 e. The summed E-state index contributed by atoms with van der Waals surface area (Å²) in [6.07, 6.45) is -0.511. The third-order valence-electron chi connectivity index (χ3n) is 4.06. The molecule has 0 spiro atoms. The van der Waals surface area contributed by atoms with Crippen LogP contribution in [0.2, 0.25) is 0 Å². The topological polar surface area (TPSA) is 80.9 Å². The second-order valence-electron chi connectivity index (χ2n) is 7.29. The van der Waals surface area contributed by atoms with Crippen molar-refractivity contribution < 1.29 is 28.2 Å². The Labute approximate surface area is 161 Å². The number of fused-ring (bicyclic) bond motifs is 1. The van der Waals surface area contributed by atoms with E-state index >= 15 is 0 Å². The SMILES string of the molecule is COc1cc(F)c(NC(=O)OC(C)(C)C)cc1C(O)c1coc2ccccc12. The molecule has 0 saturated heterocycles. The summed E-state index contributed by atoms with van der Waals surface area (Å²) in [6.45, 7) is 5.11. The van der Waals surface area contributed by atoms with E-state index in [1.54, 1.807) is 26.8 Å². The van der Waals surface area contributed by atoms with Crippen molar-refractivity contribution in [2.24, 2.45) is 0 Å². The molecule has 1 amide bonds. The number of methoxy groups -OCH3 is 1. The lowest BCUT2D eigenvalue weighted by Crippen LogP contribution is -2.27. The molecule has 6 nitrogen and oxygen atoms in total. The normalized spacial score (nSPS) is 12.6. The summed E-state index contributed by atoms with van der Waals surface area (Å²) in [5.41, 5.74) is 0.539. The number of hydrogen-bond acceptors (Lipinski definition) is 5. The fourth-order valence-electron chi connectivity index (χ4n) is 2.85. The van der Waals surface area contributed by atoms with E-state index in [0.717, 1.165) is 11.5 Å². The van der Waals surface area contributed by atoms with Crippen LogP contribution < -0.4 is 10.1 Å². The minimum atomic E-state index is -1.15. The third-order valence-corrected chi connectivity index (χ3v) is 4.06. The Hall–Kier alpha value is -3.06. The molecule has 2 N–H and O–H groups in total. The molecule has 148 valence electrons. The summed E-state index contributed by atoms with van der Waals surface area (Å²) in [4.78, 5) is 12.0. The largest absolute Gasteiger partial charge is 0.496 e. The minimum Gasteiger partial charge on any atom is -0.496 e. The number of rotatable bonds is 4. The molecule has 0 saturated carbocycles. The van der Waals surface area contributed by atoms with Crippen LogP contribution in [0.4, 0.5) is 14.9 Å². The quantitative estimate of drug-likeness (QED) is 0.658. The molecule has 28 heavy (non-hydrogen) atoms. The number of hydrogen-bond donors (Lipinski definition) is 2. The van der Waals surface area contributed by atoms with Gasteiger partial charge in [0.15, 0.2) is 5.82 Å². The van der Waals surface area contributed by atoms with Gasteiger partial charge in [0.2, 0.25) is 0 Å². The molecule has 3 aromatic rings. The molecule has 7 heteroatoms. The number of anilines is 1. The van der Waals surface area contributed by atoms with Crippen molar-refractivity contribution in [2.75, 3.05) is 12.4 Å². The predicted molar refractivity (Wildman–Crippen MR) is 103 cm³/mol. The van der Waals surface area contributed by atoms with E-state index < -0.39 is 23.6 Å². The van der Waals surface area contributed by atoms with Crippen LogP contribution in [0, 0.1) is 5.82 Å². The zero-order valence-corrected chi connectivity index (χ0v) is 16.1. The van der Waals surface area contributed by atoms with E-state index in [2.05, 4.69) is 5.32 Å². The summed E-state index contributed by atoms with van der Waals surface area (Å²) < 4.78 is 30.3. The van der Waals surface area contributed by atoms with Crippen molar-refractivity contribution in [3.63, 3.8) is 0 Å². The Balaban J connectivity index is 1.99. The van der Waals surface area contributed by atoms with Crippen molar-refractivity contribution in [1.29, 1.82) is 0 Å². The number of carbonyl (C=O) groups is 1. The molecule has 0 aliphatic rings. The molecule has 0 fully saturated rings. The fourth-order valence-corrected chi connectivity index (χ4v) is 2.85. The third kappa shape index (κ3) is 4.09. The molecule has 1 unspecified atom stereocenters. The Kier molecular flexibility index (Phi) is 5.29. The molecule has 0 aliphatic carbocycles. The first kappa shape index (κ1) is 19.7. The van der Waals surface area contributed by atoms with Crippen LogP contribution in [-0.2, 0) is 4.74 Å². The highest BCUT2D eigenvalue weighted by Gasteiger charge is 2.24. The van der Waals surface area contributed by atoms with Gasteiger partial charge in [-0.25, -0.2) is 9.18 Å². The number of para-hydroxylation sites is 1. The van der Waals surface area contributed by atoms with Crippen molar-refractivity contribution in [1.82, 2.24) is 0 Å². The summed E-state index contributed by atoms with van der Waals surface area (Å²) in [6, 6.07) is 9.67. The van der Waals surface area contributed by atoms with Crippen LogP contribution >= 0.6 is 0 Å². The maximum atomic E-state index is 14.4. The number of aliphatic hydroxyl groups excluding tert-OH is 1. The summed E-state index contributed by atoms with van der Waals surface area (Å²) in [7, 11) is 1.37. The lowest BCUT2D eigenvalue weighted by molar-refractivity contribution is 0.0635. The van der Waals surface area contributed by atoms with Gasteiger partial charge in [0.25, 0.3) is 0 Å². The zero-order valence-electron chi connectivity index (χ0n) is 16.1. The summed E-state index contributed by atoms with van der Waals surface area (Å²) in [5, 5.41) is 14.0. The molecule has 0 aliphatic heterocycles. The Bertz CT molecular complexity index is 1010. The second-order valence-corrected chi connectivity index (χ2v) is 7.29. The van der Waals surface area contributed by atoms with Gasteiger partial charge in [0.05, 0.1) is 19.1 Å². The van der Waals surface area contributed by atoms with Crippen molar-refractivity contribution in [3.8, 4) is 5.75 Å². The Morgan fingerprint density at radius 2 is 1.93 bits per heavy atom. The number of amides is 1. The van der Waals surface area contributed by atoms with E-state index in [0.29, 0.717) is 11.1 Å². The molecule has 2 aromatic carbocycles. The van der Waals surface area contributed by atoms with Gasteiger partial charge in [0.1, 0.15) is 23.0 Å². The lowest BCUT2D eigenvalue weighted by Gasteiger charge is -2.21. The number of aliphatic hydroxyl groups is 1. The summed E-state index contributed by atoms with van der Waals surface area (Å²) >= 11 is 0. The number of carbonyl (C=O) groups excluding carboxylic acids is 1. The Morgan fingerprint density at radius 3 is 2.61 bits per heavy atom. The molecule has 3 rings (SSSR count). The van der Waals surface area contributed by atoms with Gasteiger partial charge in [-0.3, -0.25) is 5.32 Å². The highest BCUT2D eigenvalue weighted by Crippen LogP contribution is 2.37. The molecular formula is C21H22FNO5. The molecule has 0 bridgehead atoms. The van der Waals surface area contributed by atoms with E-state index in [-0.39, 0.29) is 17.0 Å². The number of nitrogens with one attached hydrogen (secondary N) is 1. The molecule has 1 heterocycles. The van der Waals surface area contributed by atoms with E-state index in [9.17, 15) is 14.3 Å². The molecular weight excluding hydrogens is 365 g/mol. The first-order valence-corrected chi connectivity index (χ1v) is 8.71.